The number of benzene rings is 2. The van der Waals surface area contributed by atoms with Crippen LogP contribution in [0.1, 0.15) is 13.0 Å². The van der Waals surface area contributed by atoms with Crippen molar-refractivity contribution in [2.75, 3.05) is 20.8 Å². The Balaban J connectivity index is 1.80. The number of para-hydroxylation sites is 1. The van der Waals surface area contributed by atoms with Crippen LogP contribution in [-0.4, -0.2) is 40.3 Å². The quantitative estimate of drug-likeness (QED) is 0.442. The first-order valence-corrected chi connectivity index (χ1v) is 9.80. The van der Waals surface area contributed by atoms with Crippen LogP contribution in [0.15, 0.2) is 73.3 Å². The fraction of sp³-hybridized carbons (Fsp3) is 0.208. The molecule has 4 aromatic rings. The van der Waals surface area contributed by atoms with Crippen LogP contribution in [0.5, 0.6) is 5.75 Å². The van der Waals surface area contributed by atoms with Gasteiger partial charge in [-0.15, -0.1) is 0 Å². The third kappa shape index (κ3) is 3.82. The van der Waals surface area contributed by atoms with E-state index in [1.807, 2.05) is 61.2 Å². The molecule has 6 nitrogen and oxygen atoms in total. The number of imidazole rings is 1. The summed E-state index contributed by atoms with van der Waals surface area (Å²) in [6, 6.07) is 18.0. The second-order valence-corrected chi connectivity index (χ2v) is 7.02. The molecule has 0 saturated heterocycles. The number of ether oxygens (including phenoxy) is 2. The highest BCUT2D eigenvalue weighted by atomic mass is 16.5. The lowest BCUT2D eigenvalue weighted by Gasteiger charge is -2.17. The van der Waals surface area contributed by atoms with E-state index in [9.17, 15) is 0 Å². The van der Waals surface area contributed by atoms with Crippen molar-refractivity contribution in [3.05, 3.63) is 73.3 Å². The number of nitrogens with zero attached hydrogens (tertiary/aromatic N) is 4. The van der Waals surface area contributed by atoms with Gasteiger partial charge in [0, 0.05) is 30.6 Å². The lowest BCUT2D eigenvalue weighted by atomic mass is 10.1. The molecular formula is C24H24N4O2. The largest absolute Gasteiger partial charge is 0.496 e. The fourth-order valence-electron chi connectivity index (χ4n) is 3.53. The zero-order valence-corrected chi connectivity index (χ0v) is 17.3. The van der Waals surface area contributed by atoms with Gasteiger partial charge in [-0.3, -0.25) is 0 Å². The van der Waals surface area contributed by atoms with E-state index in [4.69, 9.17) is 14.5 Å². The van der Waals surface area contributed by atoms with Gasteiger partial charge in [-0.1, -0.05) is 42.5 Å². The standard InChI is InChI=1S/C24H24N4O2/c1-17(15-29-2)28-16-27-22(18-9-5-4-6-10-18)23(28)19-13-25-24(26-14-19)20-11-7-8-12-21(20)30-3/h4-14,16-17H,15H2,1-3H3/t17-/m0/s1. The van der Waals surface area contributed by atoms with Gasteiger partial charge in [-0.05, 0) is 19.1 Å². The van der Waals surface area contributed by atoms with Crippen molar-refractivity contribution >= 4 is 0 Å². The lowest BCUT2D eigenvalue weighted by molar-refractivity contribution is 0.163. The molecule has 0 saturated carbocycles. The van der Waals surface area contributed by atoms with E-state index in [2.05, 4.69) is 33.6 Å². The minimum Gasteiger partial charge on any atom is -0.496 e. The number of rotatable bonds is 7. The van der Waals surface area contributed by atoms with Gasteiger partial charge in [-0.2, -0.15) is 0 Å². The zero-order valence-electron chi connectivity index (χ0n) is 17.3. The summed E-state index contributed by atoms with van der Waals surface area (Å²) in [7, 11) is 3.35. The Kier molecular flexibility index (Phi) is 5.86. The van der Waals surface area contributed by atoms with Crippen LogP contribution in [0.3, 0.4) is 0 Å². The van der Waals surface area contributed by atoms with Crippen LogP contribution in [0.4, 0.5) is 0 Å². The van der Waals surface area contributed by atoms with Crippen molar-refractivity contribution in [3.8, 4) is 39.7 Å². The minimum atomic E-state index is 0.115. The molecule has 2 heterocycles. The van der Waals surface area contributed by atoms with Crippen LogP contribution in [0, 0.1) is 0 Å². The minimum absolute atomic E-state index is 0.115. The summed E-state index contributed by atoms with van der Waals surface area (Å²) in [6.45, 7) is 2.69. The van der Waals surface area contributed by atoms with Crippen molar-refractivity contribution in [1.29, 1.82) is 0 Å². The van der Waals surface area contributed by atoms with Gasteiger partial charge in [0.15, 0.2) is 5.82 Å². The molecular weight excluding hydrogens is 376 g/mol. The summed E-state index contributed by atoms with van der Waals surface area (Å²) in [5.74, 6) is 1.36. The Morgan fingerprint density at radius 1 is 0.867 bits per heavy atom. The van der Waals surface area contributed by atoms with Crippen LogP contribution in [0.2, 0.25) is 0 Å². The monoisotopic (exact) mass is 400 g/mol. The van der Waals surface area contributed by atoms with Crippen molar-refractivity contribution in [2.24, 2.45) is 0 Å². The van der Waals surface area contributed by atoms with E-state index in [0.29, 0.717) is 12.4 Å². The third-order valence-corrected chi connectivity index (χ3v) is 5.00. The first kappa shape index (κ1) is 19.8. The van der Waals surface area contributed by atoms with Gasteiger partial charge < -0.3 is 14.0 Å². The Labute approximate surface area is 176 Å². The molecule has 6 heteroatoms. The Morgan fingerprint density at radius 3 is 2.27 bits per heavy atom. The molecule has 1 atom stereocenters. The van der Waals surface area contributed by atoms with Gasteiger partial charge in [0.05, 0.1) is 43.0 Å². The Bertz CT molecular complexity index is 1110. The second kappa shape index (κ2) is 8.88. The molecule has 2 aromatic carbocycles. The molecule has 30 heavy (non-hydrogen) atoms. The second-order valence-electron chi connectivity index (χ2n) is 7.02. The highest BCUT2D eigenvalue weighted by Crippen LogP contribution is 2.34. The van der Waals surface area contributed by atoms with Crippen molar-refractivity contribution < 1.29 is 9.47 Å². The first-order chi connectivity index (χ1) is 14.7. The van der Waals surface area contributed by atoms with Crippen LogP contribution >= 0.6 is 0 Å². The summed E-state index contributed by atoms with van der Waals surface area (Å²) < 4.78 is 12.9. The Morgan fingerprint density at radius 2 is 1.57 bits per heavy atom. The highest BCUT2D eigenvalue weighted by molar-refractivity contribution is 5.78. The molecule has 0 aliphatic heterocycles. The summed E-state index contributed by atoms with van der Waals surface area (Å²) in [5.41, 5.74) is 4.67. The molecule has 0 aliphatic rings. The Hall–Kier alpha value is -3.51. The molecule has 0 fully saturated rings. The predicted octanol–water partition coefficient (Wildman–Crippen LogP) is 4.89. The van der Waals surface area contributed by atoms with Crippen molar-refractivity contribution in [3.63, 3.8) is 0 Å². The lowest BCUT2D eigenvalue weighted by Crippen LogP contribution is -2.11. The molecule has 4 rings (SSSR count). The smallest absolute Gasteiger partial charge is 0.162 e. The predicted molar refractivity (Wildman–Crippen MR) is 117 cm³/mol. The maximum atomic E-state index is 5.45. The number of hydrogen-bond donors (Lipinski definition) is 0. The summed E-state index contributed by atoms with van der Waals surface area (Å²) >= 11 is 0. The van der Waals surface area contributed by atoms with Gasteiger partial charge in [0.2, 0.25) is 0 Å². The van der Waals surface area contributed by atoms with Gasteiger partial charge in [0.25, 0.3) is 0 Å². The first-order valence-electron chi connectivity index (χ1n) is 9.80. The van der Waals surface area contributed by atoms with Gasteiger partial charge in [-0.25, -0.2) is 15.0 Å². The highest BCUT2D eigenvalue weighted by Gasteiger charge is 2.19. The average Bonchev–Trinajstić information content (AvgIpc) is 3.25. The zero-order chi connectivity index (χ0) is 20.9. The molecule has 0 spiro atoms. The third-order valence-electron chi connectivity index (χ3n) is 5.00. The molecule has 0 amide bonds. The number of aromatic nitrogens is 4. The average molecular weight is 400 g/mol. The van der Waals surface area contributed by atoms with Gasteiger partial charge in [0.1, 0.15) is 5.75 Å². The van der Waals surface area contributed by atoms with Crippen LogP contribution in [-0.2, 0) is 4.74 Å². The molecule has 152 valence electrons. The van der Waals surface area contributed by atoms with E-state index in [-0.39, 0.29) is 6.04 Å². The maximum Gasteiger partial charge on any atom is 0.162 e. The SMILES string of the molecule is COC[C@H](C)n1cnc(-c2ccccc2)c1-c1cnc(-c2ccccc2OC)nc1. The molecule has 2 aromatic heterocycles. The topological polar surface area (TPSA) is 62.1 Å². The summed E-state index contributed by atoms with van der Waals surface area (Å²) in [6.07, 6.45) is 5.54. The normalized spacial score (nSPS) is 12.0. The molecule has 0 radical (unpaired) electrons. The van der Waals surface area contributed by atoms with Crippen molar-refractivity contribution in [1.82, 2.24) is 19.5 Å². The molecule has 0 aliphatic carbocycles. The van der Waals surface area contributed by atoms with E-state index in [1.165, 1.54) is 0 Å². The number of methoxy groups -OCH3 is 2. The summed E-state index contributed by atoms with van der Waals surface area (Å²) in [5, 5.41) is 0. The fourth-order valence-corrected chi connectivity index (χ4v) is 3.53. The van der Waals surface area contributed by atoms with E-state index in [0.717, 1.165) is 33.8 Å². The maximum absolute atomic E-state index is 5.45. The van der Waals surface area contributed by atoms with E-state index in [1.54, 1.807) is 14.2 Å². The molecule has 0 unspecified atom stereocenters. The molecule has 0 bridgehead atoms. The van der Waals surface area contributed by atoms with E-state index < -0.39 is 0 Å². The molecule has 0 N–H and O–H groups in total. The number of hydrogen-bond acceptors (Lipinski definition) is 5. The van der Waals surface area contributed by atoms with Crippen LogP contribution in [0.25, 0.3) is 33.9 Å². The van der Waals surface area contributed by atoms with Crippen LogP contribution < -0.4 is 4.74 Å². The van der Waals surface area contributed by atoms with E-state index >= 15 is 0 Å². The van der Waals surface area contributed by atoms with Gasteiger partial charge >= 0.3 is 0 Å². The van der Waals surface area contributed by atoms with Crippen molar-refractivity contribution in [2.45, 2.75) is 13.0 Å². The summed E-state index contributed by atoms with van der Waals surface area (Å²) in [4.78, 5) is 14.0.